The van der Waals surface area contributed by atoms with E-state index in [4.69, 9.17) is 21.1 Å². The van der Waals surface area contributed by atoms with E-state index in [1.807, 2.05) is 30.3 Å². The highest BCUT2D eigenvalue weighted by Gasteiger charge is 2.61. The van der Waals surface area contributed by atoms with Crippen LogP contribution in [0, 0.1) is 11.3 Å². The molecule has 1 saturated heterocycles. The number of esters is 1. The molecule has 0 bridgehead atoms. The van der Waals surface area contributed by atoms with Crippen molar-refractivity contribution in [3.05, 3.63) is 46.6 Å². The van der Waals surface area contributed by atoms with E-state index in [0.717, 1.165) is 37.9 Å². The van der Waals surface area contributed by atoms with E-state index in [1.54, 1.807) is 11.8 Å². The maximum Gasteiger partial charge on any atom is 0.318 e. The standard InChI is InChI=1S/C28H39ClN2O5/c1-3-5-18-35-19-8-16-30-25(32)20-23-26(33)31(17-14-21-10-12-22(29)13-11-21)24-9-6-7-15-28(23,24)27(34)36-4-2/h9-13,23H,3-8,14-20H2,1-2H3,(H,30,32)/t23-,28-/m1/s1. The highest BCUT2D eigenvalue weighted by molar-refractivity contribution is 6.30. The van der Waals surface area contributed by atoms with Gasteiger partial charge in [-0.05, 0) is 63.1 Å². The smallest absolute Gasteiger partial charge is 0.318 e. The van der Waals surface area contributed by atoms with Gasteiger partial charge in [-0.25, -0.2) is 0 Å². The number of hydrogen-bond acceptors (Lipinski definition) is 5. The highest BCUT2D eigenvalue weighted by atomic mass is 35.5. The monoisotopic (exact) mass is 518 g/mol. The average Bonchev–Trinajstić information content (AvgIpc) is 3.11. The molecule has 1 heterocycles. The largest absolute Gasteiger partial charge is 0.465 e. The second-order valence-electron chi connectivity index (χ2n) is 9.47. The molecule has 2 amide bonds. The second kappa shape index (κ2) is 13.8. The molecule has 36 heavy (non-hydrogen) atoms. The van der Waals surface area contributed by atoms with Crippen molar-refractivity contribution in [2.45, 2.75) is 65.2 Å². The van der Waals surface area contributed by atoms with Crippen LogP contribution in [0.3, 0.4) is 0 Å². The summed E-state index contributed by atoms with van der Waals surface area (Å²) in [5.41, 5.74) is 0.646. The van der Waals surface area contributed by atoms with Crippen molar-refractivity contribution in [3.8, 4) is 0 Å². The van der Waals surface area contributed by atoms with Gasteiger partial charge in [0, 0.05) is 43.4 Å². The van der Waals surface area contributed by atoms with Crippen molar-refractivity contribution in [1.29, 1.82) is 0 Å². The number of ether oxygens (including phenoxy) is 2. The molecule has 8 heteroatoms. The lowest BCUT2D eigenvalue weighted by Gasteiger charge is -2.35. The van der Waals surface area contributed by atoms with Gasteiger partial charge in [-0.15, -0.1) is 0 Å². The molecule has 1 N–H and O–H groups in total. The Labute approximate surface area is 219 Å². The Kier molecular flexibility index (Phi) is 10.8. The van der Waals surface area contributed by atoms with Crippen molar-refractivity contribution in [3.63, 3.8) is 0 Å². The fraction of sp³-hybridized carbons (Fsp3) is 0.607. The summed E-state index contributed by atoms with van der Waals surface area (Å²) in [7, 11) is 0. The van der Waals surface area contributed by atoms with E-state index in [9.17, 15) is 14.4 Å². The van der Waals surface area contributed by atoms with Crippen LogP contribution in [0.4, 0.5) is 0 Å². The number of nitrogens with one attached hydrogen (secondary N) is 1. The van der Waals surface area contributed by atoms with E-state index >= 15 is 0 Å². The van der Waals surface area contributed by atoms with Crippen LogP contribution in [-0.2, 0) is 30.3 Å². The summed E-state index contributed by atoms with van der Waals surface area (Å²) >= 11 is 6.01. The number of hydrogen-bond donors (Lipinski definition) is 1. The molecule has 0 radical (unpaired) electrons. The van der Waals surface area contributed by atoms with Gasteiger partial charge in [-0.3, -0.25) is 14.4 Å². The summed E-state index contributed by atoms with van der Waals surface area (Å²) in [6, 6.07) is 7.53. The van der Waals surface area contributed by atoms with Crippen LogP contribution in [0.2, 0.25) is 5.02 Å². The van der Waals surface area contributed by atoms with Crippen LogP contribution >= 0.6 is 11.6 Å². The number of likely N-dealkylation sites (tertiary alicyclic amines) is 1. The fourth-order valence-corrected chi connectivity index (χ4v) is 5.28. The zero-order valence-corrected chi connectivity index (χ0v) is 22.3. The topological polar surface area (TPSA) is 84.9 Å². The minimum absolute atomic E-state index is 0.0386. The zero-order chi connectivity index (χ0) is 26.0. The molecule has 0 spiro atoms. The highest BCUT2D eigenvalue weighted by Crippen LogP contribution is 2.53. The first-order valence-electron chi connectivity index (χ1n) is 13.2. The van der Waals surface area contributed by atoms with E-state index in [0.29, 0.717) is 49.7 Å². The summed E-state index contributed by atoms with van der Waals surface area (Å²) in [4.78, 5) is 41.7. The third-order valence-corrected chi connectivity index (χ3v) is 7.27. The molecule has 0 aromatic heterocycles. The first-order valence-corrected chi connectivity index (χ1v) is 13.6. The quantitative estimate of drug-likeness (QED) is 0.286. The summed E-state index contributed by atoms with van der Waals surface area (Å²) in [5, 5.41) is 3.57. The maximum atomic E-state index is 13.7. The third kappa shape index (κ3) is 6.68. The Balaban J connectivity index is 1.72. The van der Waals surface area contributed by atoms with Gasteiger partial charge in [0.2, 0.25) is 11.8 Å². The Bertz CT molecular complexity index is 932. The molecule has 0 unspecified atom stereocenters. The lowest BCUT2D eigenvalue weighted by atomic mass is 9.68. The van der Waals surface area contributed by atoms with Gasteiger partial charge >= 0.3 is 5.97 Å². The SMILES string of the molecule is CCCCOCCCNC(=O)C[C@@H]1C(=O)N(CCc2ccc(Cl)cc2)C2=CCCC[C@]21C(=O)OCC. The molecular formula is C28H39ClN2O5. The Morgan fingerprint density at radius 1 is 1.17 bits per heavy atom. The number of amides is 2. The van der Waals surface area contributed by atoms with E-state index < -0.39 is 17.3 Å². The Morgan fingerprint density at radius 3 is 2.64 bits per heavy atom. The molecule has 1 aromatic carbocycles. The predicted octanol–water partition coefficient (Wildman–Crippen LogP) is 4.67. The maximum absolute atomic E-state index is 13.7. The fourth-order valence-electron chi connectivity index (χ4n) is 5.15. The number of unbranched alkanes of at least 4 members (excludes halogenated alkanes) is 1. The summed E-state index contributed by atoms with van der Waals surface area (Å²) in [6.45, 7) is 6.32. The van der Waals surface area contributed by atoms with Crippen LogP contribution in [0.15, 0.2) is 36.0 Å². The number of nitrogens with zero attached hydrogens (tertiary/aromatic N) is 1. The Morgan fingerprint density at radius 2 is 1.92 bits per heavy atom. The lowest BCUT2D eigenvalue weighted by Crippen LogP contribution is -2.43. The van der Waals surface area contributed by atoms with Crippen molar-refractivity contribution < 1.29 is 23.9 Å². The van der Waals surface area contributed by atoms with E-state index in [1.165, 1.54) is 0 Å². The van der Waals surface area contributed by atoms with Crippen LogP contribution in [-0.4, -0.2) is 55.6 Å². The molecule has 0 saturated carbocycles. The number of carbonyl (C=O) groups excluding carboxylic acids is 3. The summed E-state index contributed by atoms with van der Waals surface area (Å²) < 4.78 is 11.0. The van der Waals surface area contributed by atoms with Gasteiger partial charge in [-0.2, -0.15) is 0 Å². The van der Waals surface area contributed by atoms with Gasteiger partial charge in [0.1, 0.15) is 5.41 Å². The lowest BCUT2D eigenvalue weighted by molar-refractivity contribution is -0.158. The predicted molar refractivity (Wildman–Crippen MR) is 139 cm³/mol. The molecule has 1 aromatic rings. The Hall–Kier alpha value is -2.38. The van der Waals surface area contributed by atoms with E-state index in [-0.39, 0.29) is 24.8 Å². The van der Waals surface area contributed by atoms with Crippen molar-refractivity contribution in [1.82, 2.24) is 10.2 Å². The molecule has 7 nitrogen and oxygen atoms in total. The minimum Gasteiger partial charge on any atom is -0.465 e. The van der Waals surface area contributed by atoms with Gasteiger partial charge in [0.05, 0.1) is 12.5 Å². The van der Waals surface area contributed by atoms with Gasteiger partial charge in [-0.1, -0.05) is 43.2 Å². The summed E-state index contributed by atoms with van der Waals surface area (Å²) in [6.07, 6.45) is 7.45. The molecule has 2 aliphatic rings. The minimum atomic E-state index is -1.11. The molecule has 1 fully saturated rings. The second-order valence-corrected chi connectivity index (χ2v) is 9.90. The average molecular weight is 519 g/mol. The number of fused-ring (bicyclic) bond motifs is 1. The summed E-state index contributed by atoms with van der Waals surface area (Å²) in [5.74, 6) is -1.58. The first kappa shape index (κ1) is 28.2. The molecule has 3 rings (SSSR count). The van der Waals surface area contributed by atoms with Gasteiger partial charge in [0.15, 0.2) is 0 Å². The van der Waals surface area contributed by atoms with Crippen LogP contribution in [0.1, 0.15) is 64.4 Å². The third-order valence-electron chi connectivity index (χ3n) is 7.02. The molecule has 1 aliphatic heterocycles. The molecular weight excluding hydrogens is 480 g/mol. The number of carbonyl (C=O) groups is 3. The zero-order valence-electron chi connectivity index (χ0n) is 21.5. The van der Waals surface area contributed by atoms with Crippen molar-refractivity contribution in [2.24, 2.45) is 11.3 Å². The number of halogens is 1. The number of benzene rings is 1. The molecule has 1 aliphatic carbocycles. The number of rotatable bonds is 14. The van der Waals surface area contributed by atoms with Crippen molar-refractivity contribution >= 4 is 29.4 Å². The molecule has 2 atom stereocenters. The van der Waals surface area contributed by atoms with Crippen molar-refractivity contribution in [2.75, 3.05) is 32.9 Å². The van der Waals surface area contributed by atoms with Crippen LogP contribution in [0.5, 0.6) is 0 Å². The number of allylic oxidation sites excluding steroid dienone is 1. The van der Waals surface area contributed by atoms with Gasteiger partial charge < -0.3 is 19.7 Å². The first-order chi connectivity index (χ1) is 17.4. The molecule has 198 valence electrons. The van der Waals surface area contributed by atoms with Crippen LogP contribution in [0.25, 0.3) is 0 Å². The van der Waals surface area contributed by atoms with Crippen LogP contribution < -0.4 is 5.32 Å². The van der Waals surface area contributed by atoms with Gasteiger partial charge in [0.25, 0.3) is 0 Å². The normalized spacial score (nSPS) is 21.2. The van der Waals surface area contributed by atoms with E-state index in [2.05, 4.69) is 12.2 Å².